The lowest BCUT2D eigenvalue weighted by Gasteiger charge is -2.22. The topological polar surface area (TPSA) is 49.9 Å². The summed E-state index contributed by atoms with van der Waals surface area (Å²) in [5.74, 6) is 0.230. The first-order valence-corrected chi connectivity index (χ1v) is 11.3. The number of fused-ring (bicyclic) bond motifs is 1. The Hall–Kier alpha value is -3.86. The van der Waals surface area contributed by atoms with Crippen LogP contribution in [0.2, 0.25) is 0 Å². The number of benzene rings is 3. The van der Waals surface area contributed by atoms with Crippen LogP contribution in [0, 0.1) is 6.92 Å². The molecule has 2 heterocycles. The molecule has 0 radical (unpaired) electrons. The third-order valence-electron chi connectivity index (χ3n) is 6.22. The van der Waals surface area contributed by atoms with E-state index in [1.165, 1.54) is 10.5 Å². The summed E-state index contributed by atoms with van der Waals surface area (Å²) in [4.78, 5) is 30.8. The fraction of sp³-hybridized carbons (Fsp3) is 0.214. The molecule has 3 aromatic carbocycles. The van der Waals surface area contributed by atoms with Crippen LogP contribution in [0.3, 0.4) is 0 Å². The van der Waals surface area contributed by atoms with Gasteiger partial charge in [0.2, 0.25) is 0 Å². The molecule has 166 valence electrons. The number of hydrogen-bond acceptors (Lipinski definition) is 4. The van der Waals surface area contributed by atoms with E-state index in [0.717, 1.165) is 34.5 Å². The first kappa shape index (κ1) is 21.0. The summed E-state index contributed by atoms with van der Waals surface area (Å²) < 4.78 is 5.57. The van der Waals surface area contributed by atoms with Crippen molar-refractivity contribution in [1.29, 1.82) is 0 Å². The van der Waals surface area contributed by atoms with Crippen molar-refractivity contribution >= 4 is 23.1 Å². The van der Waals surface area contributed by atoms with Gasteiger partial charge in [-0.15, -0.1) is 0 Å². The zero-order chi connectivity index (χ0) is 22.9. The molecule has 5 nitrogen and oxygen atoms in total. The smallest absolute Gasteiger partial charge is 0.278 e. The molecule has 0 atom stereocenters. The maximum atomic E-state index is 13.7. The van der Waals surface area contributed by atoms with Gasteiger partial charge in [-0.25, -0.2) is 0 Å². The quantitative estimate of drug-likeness (QED) is 0.522. The Morgan fingerprint density at radius 3 is 2.33 bits per heavy atom. The van der Waals surface area contributed by atoms with Crippen LogP contribution in [0.1, 0.15) is 29.2 Å². The molecule has 0 saturated heterocycles. The van der Waals surface area contributed by atoms with Gasteiger partial charge in [0.1, 0.15) is 11.4 Å². The van der Waals surface area contributed by atoms with E-state index in [-0.39, 0.29) is 18.4 Å². The van der Waals surface area contributed by atoms with Gasteiger partial charge in [0.15, 0.2) is 0 Å². The van der Waals surface area contributed by atoms with Crippen LogP contribution in [0.25, 0.3) is 5.57 Å². The number of hydrogen-bond donors (Lipinski definition) is 0. The van der Waals surface area contributed by atoms with Crippen molar-refractivity contribution in [2.45, 2.75) is 26.8 Å². The highest BCUT2D eigenvalue weighted by molar-refractivity contribution is 6.36. The van der Waals surface area contributed by atoms with Crippen molar-refractivity contribution < 1.29 is 14.3 Å². The van der Waals surface area contributed by atoms with Crippen LogP contribution in [-0.2, 0) is 22.6 Å². The second-order valence-electron chi connectivity index (χ2n) is 8.39. The van der Waals surface area contributed by atoms with Crippen molar-refractivity contribution in [3.8, 4) is 5.75 Å². The van der Waals surface area contributed by atoms with E-state index in [2.05, 4.69) is 6.07 Å². The first-order chi connectivity index (χ1) is 16.1. The number of nitrogens with zero attached hydrogens (tertiary/aromatic N) is 2. The molecular weight excluding hydrogens is 412 g/mol. The summed E-state index contributed by atoms with van der Waals surface area (Å²) in [5.41, 5.74) is 5.88. The van der Waals surface area contributed by atoms with E-state index in [1.54, 1.807) is 0 Å². The highest BCUT2D eigenvalue weighted by atomic mass is 16.5. The predicted octanol–water partition coefficient (Wildman–Crippen LogP) is 4.74. The molecule has 0 unspecified atom stereocenters. The van der Waals surface area contributed by atoms with Gasteiger partial charge in [-0.2, -0.15) is 0 Å². The van der Waals surface area contributed by atoms with E-state index >= 15 is 0 Å². The van der Waals surface area contributed by atoms with Crippen molar-refractivity contribution in [2.24, 2.45) is 0 Å². The minimum Gasteiger partial charge on any atom is -0.494 e. The lowest BCUT2D eigenvalue weighted by Crippen LogP contribution is -2.34. The molecule has 3 aromatic rings. The van der Waals surface area contributed by atoms with Crippen LogP contribution >= 0.6 is 0 Å². The number of imide groups is 1. The molecule has 5 rings (SSSR count). The summed E-state index contributed by atoms with van der Waals surface area (Å²) in [6.45, 7) is 5.44. The van der Waals surface area contributed by atoms with Crippen LogP contribution in [0.15, 0.2) is 78.5 Å². The number of carbonyl (C=O) groups is 2. The third kappa shape index (κ3) is 3.80. The van der Waals surface area contributed by atoms with Gasteiger partial charge in [-0.1, -0.05) is 60.2 Å². The van der Waals surface area contributed by atoms with Gasteiger partial charge in [0, 0.05) is 12.2 Å². The minimum absolute atomic E-state index is 0.247. The Bertz CT molecular complexity index is 1240. The molecule has 0 N–H and O–H groups in total. The molecule has 33 heavy (non-hydrogen) atoms. The van der Waals surface area contributed by atoms with Crippen molar-refractivity contribution in [2.75, 3.05) is 18.1 Å². The van der Waals surface area contributed by atoms with Gasteiger partial charge >= 0.3 is 0 Å². The Labute approximate surface area is 193 Å². The second-order valence-corrected chi connectivity index (χ2v) is 8.39. The summed E-state index contributed by atoms with van der Waals surface area (Å²) in [6.07, 6.45) is 0.843. The predicted molar refractivity (Wildman–Crippen MR) is 129 cm³/mol. The van der Waals surface area contributed by atoms with Gasteiger partial charge in [0.05, 0.1) is 18.7 Å². The monoisotopic (exact) mass is 438 g/mol. The maximum Gasteiger partial charge on any atom is 0.278 e. The van der Waals surface area contributed by atoms with E-state index < -0.39 is 0 Å². The Balaban J connectivity index is 1.57. The number of anilines is 1. The van der Waals surface area contributed by atoms with Gasteiger partial charge in [-0.3, -0.25) is 14.5 Å². The summed E-state index contributed by atoms with van der Waals surface area (Å²) in [5, 5.41) is 0. The van der Waals surface area contributed by atoms with Crippen LogP contribution in [0.4, 0.5) is 5.69 Å². The molecule has 0 spiro atoms. The maximum absolute atomic E-state index is 13.7. The first-order valence-electron chi connectivity index (χ1n) is 11.3. The summed E-state index contributed by atoms with van der Waals surface area (Å²) >= 11 is 0. The van der Waals surface area contributed by atoms with Crippen LogP contribution in [-0.4, -0.2) is 29.9 Å². The number of amides is 2. The van der Waals surface area contributed by atoms with E-state index in [0.29, 0.717) is 24.4 Å². The van der Waals surface area contributed by atoms with Gasteiger partial charge < -0.3 is 9.64 Å². The van der Waals surface area contributed by atoms with Crippen molar-refractivity contribution in [3.63, 3.8) is 0 Å². The standard InChI is InChI=1S/C28H26N2O3/c1-3-33-23-14-12-22(13-15-23)25-26(29-17-16-21-6-4-5-7-24(21)29)28(32)30(27(25)31)18-20-10-8-19(2)9-11-20/h4-15H,3,16-18H2,1-2H3. The molecule has 0 fully saturated rings. The number of ether oxygens (including phenoxy) is 1. The molecule has 0 aromatic heterocycles. The van der Waals surface area contributed by atoms with Crippen molar-refractivity contribution in [3.05, 3.63) is 101 Å². The van der Waals surface area contributed by atoms with Crippen LogP contribution in [0.5, 0.6) is 5.75 Å². The second kappa shape index (κ2) is 8.58. The molecular formula is C28H26N2O3. The Morgan fingerprint density at radius 2 is 1.61 bits per heavy atom. The fourth-order valence-corrected chi connectivity index (χ4v) is 4.55. The molecule has 0 aliphatic carbocycles. The number of carbonyl (C=O) groups excluding carboxylic acids is 2. The highest BCUT2D eigenvalue weighted by Gasteiger charge is 2.43. The third-order valence-corrected chi connectivity index (χ3v) is 6.22. The van der Waals surface area contributed by atoms with Gasteiger partial charge in [0.25, 0.3) is 11.8 Å². The fourth-order valence-electron chi connectivity index (χ4n) is 4.55. The van der Waals surface area contributed by atoms with E-state index in [9.17, 15) is 9.59 Å². The van der Waals surface area contributed by atoms with E-state index in [1.807, 2.05) is 85.5 Å². The number of rotatable bonds is 6. The molecule has 2 aliphatic rings. The SMILES string of the molecule is CCOc1ccc(C2=C(N3CCc4ccccc43)C(=O)N(Cc3ccc(C)cc3)C2=O)cc1. The molecule has 2 amide bonds. The summed E-state index contributed by atoms with van der Waals surface area (Å²) in [7, 11) is 0. The highest BCUT2D eigenvalue weighted by Crippen LogP contribution is 2.39. The Kier molecular flexibility index (Phi) is 5.47. The lowest BCUT2D eigenvalue weighted by molar-refractivity contribution is -0.137. The number of aryl methyl sites for hydroxylation is 1. The lowest BCUT2D eigenvalue weighted by atomic mass is 10.0. The minimum atomic E-state index is -0.260. The Morgan fingerprint density at radius 1 is 0.879 bits per heavy atom. The zero-order valence-corrected chi connectivity index (χ0v) is 18.9. The van der Waals surface area contributed by atoms with Crippen LogP contribution < -0.4 is 9.64 Å². The molecule has 5 heteroatoms. The molecule has 2 aliphatic heterocycles. The van der Waals surface area contributed by atoms with Gasteiger partial charge in [-0.05, 0) is 55.2 Å². The molecule has 0 bridgehead atoms. The average molecular weight is 439 g/mol. The van der Waals surface area contributed by atoms with Crippen molar-refractivity contribution in [1.82, 2.24) is 4.90 Å². The zero-order valence-electron chi connectivity index (χ0n) is 18.9. The van der Waals surface area contributed by atoms with E-state index in [4.69, 9.17) is 4.74 Å². The normalized spacial score (nSPS) is 15.5. The average Bonchev–Trinajstić information content (AvgIpc) is 3.35. The molecule has 0 saturated carbocycles. The largest absolute Gasteiger partial charge is 0.494 e. The summed E-state index contributed by atoms with van der Waals surface area (Å²) in [6, 6.07) is 23.4. The number of para-hydroxylation sites is 1.